The average Bonchev–Trinajstić information content (AvgIpc) is 3.10. The maximum atomic E-state index is 9.32. The lowest BCUT2D eigenvalue weighted by atomic mass is 9.84. The van der Waals surface area contributed by atoms with Crippen LogP contribution in [0.2, 0.25) is 0 Å². The average molecular weight is 475 g/mol. The van der Waals surface area contributed by atoms with Gasteiger partial charge in [-0.15, -0.1) is 24.0 Å². The first kappa shape index (κ1) is 22.7. The van der Waals surface area contributed by atoms with Gasteiger partial charge >= 0.3 is 0 Å². The van der Waals surface area contributed by atoms with Crippen LogP contribution in [0.5, 0.6) is 5.75 Å². The molecule has 1 aromatic carbocycles. The normalized spacial score (nSPS) is 19.5. The number of aliphatic hydroxyl groups is 1. The van der Waals surface area contributed by atoms with E-state index >= 15 is 0 Å². The summed E-state index contributed by atoms with van der Waals surface area (Å²) in [5.41, 5.74) is 1.04. The molecule has 26 heavy (non-hydrogen) atoms. The van der Waals surface area contributed by atoms with Crippen molar-refractivity contribution in [3.05, 3.63) is 42.5 Å². The first-order chi connectivity index (χ1) is 12.2. The second-order valence-electron chi connectivity index (χ2n) is 6.26. The molecular formula is C19H30IN3O3. The molecule has 2 rings (SSSR count). The summed E-state index contributed by atoms with van der Waals surface area (Å²) < 4.78 is 11.2. The van der Waals surface area contributed by atoms with Crippen LogP contribution in [-0.2, 0) is 11.3 Å². The second kappa shape index (κ2) is 12.1. The molecule has 3 N–H and O–H groups in total. The molecule has 0 saturated carbocycles. The smallest absolute Gasteiger partial charge is 0.191 e. The molecule has 1 fully saturated rings. The third-order valence-electron chi connectivity index (χ3n) is 4.46. The fraction of sp³-hybridized carbons (Fsp3) is 0.526. The number of nitrogens with zero attached hydrogens (tertiary/aromatic N) is 1. The predicted octanol–water partition coefficient (Wildman–Crippen LogP) is 2.32. The summed E-state index contributed by atoms with van der Waals surface area (Å²) in [6, 6.07) is 7.91. The minimum atomic E-state index is -0.0165. The van der Waals surface area contributed by atoms with Gasteiger partial charge in [-0.05, 0) is 18.9 Å². The summed E-state index contributed by atoms with van der Waals surface area (Å²) in [6.45, 7) is 7.09. The van der Waals surface area contributed by atoms with Gasteiger partial charge in [0.05, 0.1) is 6.61 Å². The molecule has 0 aromatic heterocycles. The lowest BCUT2D eigenvalue weighted by Crippen LogP contribution is -2.44. The van der Waals surface area contributed by atoms with Gasteiger partial charge in [0.25, 0.3) is 0 Å². The summed E-state index contributed by atoms with van der Waals surface area (Å²) >= 11 is 0. The first-order valence-corrected chi connectivity index (χ1v) is 8.68. The number of rotatable bonds is 9. The van der Waals surface area contributed by atoms with Gasteiger partial charge in [0.15, 0.2) is 5.96 Å². The van der Waals surface area contributed by atoms with Crippen molar-refractivity contribution in [1.82, 2.24) is 10.6 Å². The summed E-state index contributed by atoms with van der Waals surface area (Å²) in [5, 5.41) is 16.0. The standard InChI is InChI=1S/C19H29N3O3.HI/c1-3-11-25-17-7-5-4-6-16(17)13-21-18(20-2)22-14-19(8-10-23)9-12-24-15-19;/h3-7,23H,1,8-15H2,2H3,(H2,20,21,22);1H. The highest BCUT2D eigenvalue weighted by Crippen LogP contribution is 2.31. The molecule has 0 amide bonds. The molecule has 1 aromatic rings. The number of guanidine groups is 1. The maximum Gasteiger partial charge on any atom is 0.191 e. The van der Waals surface area contributed by atoms with Crippen molar-refractivity contribution in [2.75, 3.05) is 40.0 Å². The monoisotopic (exact) mass is 475 g/mol. The Kier molecular flexibility index (Phi) is 10.6. The Labute approximate surface area is 173 Å². The number of halogens is 1. The Morgan fingerprint density at radius 2 is 2.23 bits per heavy atom. The van der Waals surface area contributed by atoms with E-state index in [1.165, 1.54) is 0 Å². The van der Waals surface area contributed by atoms with E-state index in [1.54, 1.807) is 13.1 Å². The van der Waals surface area contributed by atoms with Gasteiger partial charge in [0.1, 0.15) is 12.4 Å². The molecule has 146 valence electrons. The molecule has 6 nitrogen and oxygen atoms in total. The van der Waals surface area contributed by atoms with E-state index in [-0.39, 0.29) is 36.0 Å². The molecule has 1 atom stereocenters. The molecule has 1 aliphatic rings. The molecule has 7 heteroatoms. The fourth-order valence-electron chi connectivity index (χ4n) is 2.92. The predicted molar refractivity (Wildman–Crippen MR) is 115 cm³/mol. The fourth-order valence-corrected chi connectivity index (χ4v) is 2.92. The van der Waals surface area contributed by atoms with E-state index in [0.717, 1.165) is 43.3 Å². The number of para-hydroxylation sites is 1. The van der Waals surface area contributed by atoms with Crippen molar-refractivity contribution in [1.29, 1.82) is 0 Å². The van der Waals surface area contributed by atoms with E-state index in [0.29, 0.717) is 19.8 Å². The minimum Gasteiger partial charge on any atom is -0.489 e. The van der Waals surface area contributed by atoms with Crippen molar-refractivity contribution in [2.45, 2.75) is 19.4 Å². The Morgan fingerprint density at radius 1 is 1.42 bits per heavy atom. The first-order valence-electron chi connectivity index (χ1n) is 8.68. The number of hydrogen-bond acceptors (Lipinski definition) is 4. The highest BCUT2D eigenvalue weighted by Gasteiger charge is 2.34. The lowest BCUT2D eigenvalue weighted by molar-refractivity contribution is 0.127. The molecule has 1 aliphatic heterocycles. The number of hydrogen-bond donors (Lipinski definition) is 3. The van der Waals surface area contributed by atoms with Crippen LogP contribution >= 0.6 is 24.0 Å². The number of ether oxygens (including phenoxy) is 2. The van der Waals surface area contributed by atoms with Gasteiger partial charge in [-0.2, -0.15) is 0 Å². The number of benzene rings is 1. The third kappa shape index (κ3) is 6.77. The van der Waals surface area contributed by atoms with Gasteiger partial charge in [-0.3, -0.25) is 4.99 Å². The molecule has 0 bridgehead atoms. The Morgan fingerprint density at radius 3 is 2.88 bits per heavy atom. The van der Waals surface area contributed by atoms with E-state index in [9.17, 15) is 5.11 Å². The number of aliphatic hydroxyl groups excluding tert-OH is 1. The van der Waals surface area contributed by atoms with Crippen molar-refractivity contribution >= 4 is 29.9 Å². The van der Waals surface area contributed by atoms with E-state index in [1.807, 2.05) is 24.3 Å². The molecular weight excluding hydrogens is 445 g/mol. The second-order valence-corrected chi connectivity index (χ2v) is 6.26. The zero-order chi connectivity index (χ0) is 18.0. The summed E-state index contributed by atoms with van der Waals surface area (Å²) in [7, 11) is 1.75. The summed E-state index contributed by atoms with van der Waals surface area (Å²) in [5.74, 6) is 1.56. The number of nitrogens with one attached hydrogen (secondary N) is 2. The van der Waals surface area contributed by atoms with Crippen LogP contribution in [0, 0.1) is 5.41 Å². The molecule has 1 unspecified atom stereocenters. The van der Waals surface area contributed by atoms with Crippen LogP contribution in [0.1, 0.15) is 18.4 Å². The third-order valence-corrected chi connectivity index (χ3v) is 4.46. The van der Waals surface area contributed by atoms with Crippen LogP contribution in [0.15, 0.2) is 41.9 Å². The number of aliphatic imine (C=N–C) groups is 1. The molecule has 0 spiro atoms. The van der Waals surface area contributed by atoms with Crippen LogP contribution in [0.25, 0.3) is 0 Å². The van der Waals surface area contributed by atoms with Gasteiger partial charge in [0.2, 0.25) is 0 Å². The zero-order valence-corrected chi connectivity index (χ0v) is 17.7. The van der Waals surface area contributed by atoms with Crippen molar-refractivity contribution in [2.24, 2.45) is 10.4 Å². The Hall–Kier alpha value is -1.32. The van der Waals surface area contributed by atoms with Crippen LogP contribution < -0.4 is 15.4 Å². The molecule has 0 aliphatic carbocycles. The summed E-state index contributed by atoms with van der Waals surface area (Å²) in [6.07, 6.45) is 3.42. The lowest BCUT2D eigenvalue weighted by Gasteiger charge is -2.27. The van der Waals surface area contributed by atoms with Crippen molar-refractivity contribution in [3.63, 3.8) is 0 Å². The van der Waals surface area contributed by atoms with Gasteiger partial charge in [-0.1, -0.05) is 30.9 Å². The van der Waals surface area contributed by atoms with Crippen LogP contribution in [0.4, 0.5) is 0 Å². The van der Waals surface area contributed by atoms with E-state index < -0.39 is 0 Å². The van der Waals surface area contributed by atoms with Gasteiger partial charge in [-0.25, -0.2) is 0 Å². The Bertz CT molecular complexity index is 575. The van der Waals surface area contributed by atoms with Crippen LogP contribution in [0.3, 0.4) is 0 Å². The SMILES string of the molecule is C=CCOc1ccccc1CNC(=NC)NCC1(CCO)CCOC1.I. The minimum absolute atomic E-state index is 0. The highest BCUT2D eigenvalue weighted by molar-refractivity contribution is 14.0. The quantitative estimate of drug-likeness (QED) is 0.221. The molecule has 1 heterocycles. The largest absolute Gasteiger partial charge is 0.489 e. The summed E-state index contributed by atoms with van der Waals surface area (Å²) in [4.78, 5) is 4.28. The molecule has 1 saturated heterocycles. The maximum absolute atomic E-state index is 9.32. The van der Waals surface area contributed by atoms with Crippen LogP contribution in [-0.4, -0.2) is 51.1 Å². The molecule has 0 radical (unpaired) electrons. The van der Waals surface area contributed by atoms with E-state index in [2.05, 4.69) is 22.2 Å². The van der Waals surface area contributed by atoms with E-state index in [4.69, 9.17) is 9.47 Å². The zero-order valence-electron chi connectivity index (χ0n) is 15.4. The topological polar surface area (TPSA) is 75.1 Å². The van der Waals surface area contributed by atoms with Gasteiger partial charge < -0.3 is 25.2 Å². The van der Waals surface area contributed by atoms with Crippen molar-refractivity contribution in [3.8, 4) is 5.75 Å². The Balaban J connectivity index is 0.00000338. The van der Waals surface area contributed by atoms with Gasteiger partial charge in [0, 0.05) is 44.3 Å². The highest BCUT2D eigenvalue weighted by atomic mass is 127. The van der Waals surface area contributed by atoms with Crippen molar-refractivity contribution < 1.29 is 14.6 Å².